The quantitative estimate of drug-likeness (QED) is 0.532. The molecule has 0 heterocycles. The van der Waals surface area contributed by atoms with Crippen molar-refractivity contribution in [1.82, 2.24) is 0 Å². The summed E-state index contributed by atoms with van der Waals surface area (Å²) in [5.41, 5.74) is 3.64. The predicted octanol–water partition coefficient (Wildman–Crippen LogP) is 5.44. The lowest BCUT2D eigenvalue weighted by Gasteiger charge is -2.55. The molecule has 2 aliphatic carbocycles. The third kappa shape index (κ3) is 3.54. The molecule has 126 valence electrons. The van der Waals surface area contributed by atoms with Crippen LogP contribution in [0.1, 0.15) is 57.4 Å². The molecule has 0 N–H and O–H groups in total. The summed E-state index contributed by atoms with van der Waals surface area (Å²) in [7, 11) is 1.71. The van der Waals surface area contributed by atoms with Crippen molar-refractivity contribution in [2.24, 2.45) is 10.8 Å². The third-order valence-electron chi connectivity index (χ3n) is 6.23. The second-order valence-corrected chi connectivity index (χ2v) is 7.69. The highest BCUT2D eigenvalue weighted by molar-refractivity contribution is 5.53. The van der Waals surface area contributed by atoms with Crippen LogP contribution < -0.4 is 0 Å². The molecule has 0 amide bonds. The van der Waals surface area contributed by atoms with Gasteiger partial charge in [0.1, 0.15) is 6.79 Å². The molecule has 1 aromatic carbocycles. The largest absolute Gasteiger partial charge is 0.359 e. The Labute approximate surface area is 140 Å². The van der Waals surface area contributed by atoms with Crippen LogP contribution in [0.2, 0.25) is 0 Å². The van der Waals surface area contributed by atoms with Crippen LogP contribution in [0.3, 0.4) is 0 Å². The van der Waals surface area contributed by atoms with Crippen LogP contribution >= 0.6 is 0 Å². The highest BCUT2D eigenvalue weighted by atomic mass is 16.7. The summed E-state index contributed by atoms with van der Waals surface area (Å²) in [5.74, 6) is 0. The predicted molar refractivity (Wildman–Crippen MR) is 95.1 cm³/mol. The molecule has 3 rings (SSSR count). The van der Waals surface area contributed by atoms with Crippen molar-refractivity contribution in [1.29, 1.82) is 0 Å². The topological polar surface area (TPSA) is 18.5 Å². The van der Waals surface area contributed by atoms with E-state index in [1.165, 1.54) is 50.5 Å². The van der Waals surface area contributed by atoms with Crippen molar-refractivity contribution in [2.45, 2.75) is 51.9 Å². The molecule has 0 spiro atoms. The van der Waals surface area contributed by atoms with Crippen LogP contribution in [0.25, 0.3) is 6.08 Å². The molecule has 2 fully saturated rings. The first-order chi connectivity index (χ1) is 11.2. The van der Waals surface area contributed by atoms with E-state index in [1.54, 1.807) is 12.7 Å². The Kier molecular flexibility index (Phi) is 5.23. The number of rotatable bonds is 5. The first kappa shape index (κ1) is 16.7. The van der Waals surface area contributed by atoms with Gasteiger partial charge in [-0.15, -0.1) is 0 Å². The van der Waals surface area contributed by atoms with Crippen molar-refractivity contribution in [3.8, 4) is 0 Å². The van der Waals surface area contributed by atoms with Gasteiger partial charge in [-0.25, -0.2) is 0 Å². The zero-order valence-electron chi connectivity index (χ0n) is 14.6. The molecule has 1 aromatic rings. The van der Waals surface area contributed by atoms with Crippen molar-refractivity contribution in [2.75, 3.05) is 20.5 Å². The third-order valence-corrected chi connectivity index (χ3v) is 6.23. The van der Waals surface area contributed by atoms with Gasteiger partial charge in [-0.2, -0.15) is 0 Å². The fourth-order valence-electron chi connectivity index (χ4n) is 4.72. The molecule has 2 nitrogen and oxygen atoms in total. The number of hydrogen-bond donors (Lipinski definition) is 0. The Morgan fingerprint density at radius 2 is 1.87 bits per heavy atom. The van der Waals surface area contributed by atoms with E-state index < -0.39 is 0 Å². The van der Waals surface area contributed by atoms with Gasteiger partial charge >= 0.3 is 0 Å². The number of allylic oxidation sites excluding steroid dienone is 1. The maximum Gasteiger partial charge on any atom is 0.146 e. The maximum absolute atomic E-state index is 5.90. The van der Waals surface area contributed by atoms with Gasteiger partial charge in [0, 0.05) is 12.5 Å². The minimum atomic E-state index is 0.294. The van der Waals surface area contributed by atoms with Crippen molar-refractivity contribution >= 4 is 6.08 Å². The van der Waals surface area contributed by atoms with E-state index in [4.69, 9.17) is 9.47 Å². The van der Waals surface area contributed by atoms with Gasteiger partial charge in [0.25, 0.3) is 0 Å². The summed E-state index contributed by atoms with van der Waals surface area (Å²) in [6, 6.07) is 10.7. The number of ether oxygens (including phenoxy) is 2. The fraction of sp³-hybridized carbons (Fsp3) is 0.619. The highest BCUT2D eigenvalue weighted by Gasteiger charge is 2.51. The van der Waals surface area contributed by atoms with Gasteiger partial charge in [0.2, 0.25) is 0 Å². The molecule has 2 atom stereocenters. The summed E-state index contributed by atoms with van der Waals surface area (Å²) in [4.78, 5) is 0. The number of hydrogen-bond acceptors (Lipinski definition) is 2. The zero-order valence-corrected chi connectivity index (χ0v) is 14.6. The minimum Gasteiger partial charge on any atom is -0.359 e. The fourth-order valence-corrected chi connectivity index (χ4v) is 4.72. The van der Waals surface area contributed by atoms with Crippen molar-refractivity contribution in [3.05, 3.63) is 41.5 Å². The Hall–Kier alpha value is -1.12. The van der Waals surface area contributed by atoms with Crippen LogP contribution in [-0.2, 0) is 9.47 Å². The maximum atomic E-state index is 5.90. The number of benzene rings is 1. The summed E-state index contributed by atoms with van der Waals surface area (Å²) in [6.07, 6.45) is 11.5. The normalized spacial score (nSPS) is 32.7. The van der Waals surface area contributed by atoms with Crippen LogP contribution in [0.4, 0.5) is 0 Å². The monoisotopic (exact) mass is 314 g/mol. The number of methoxy groups -OCH3 is 1. The van der Waals surface area contributed by atoms with Gasteiger partial charge in [0.05, 0.1) is 6.61 Å². The minimum absolute atomic E-state index is 0.294. The molecular weight excluding hydrogens is 284 g/mol. The molecule has 2 saturated carbocycles. The molecule has 0 radical (unpaired) electrons. The Morgan fingerprint density at radius 1 is 1.09 bits per heavy atom. The summed E-state index contributed by atoms with van der Waals surface area (Å²) >= 11 is 0. The van der Waals surface area contributed by atoms with E-state index in [1.807, 2.05) is 0 Å². The summed E-state index contributed by atoms with van der Waals surface area (Å²) in [6.45, 7) is 3.75. The van der Waals surface area contributed by atoms with E-state index in [-0.39, 0.29) is 0 Å². The molecule has 23 heavy (non-hydrogen) atoms. The highest BCUT2D eigenvalue weighted by Crippen LogP contribution is 2.60. The second kappa shape index (κ2) is 7.19. The molecule has 2 aliphatic rings. The van der Waals surface area contributed by atoms with Crippen LogP contribution in [0.15, 0.2) is 35.9 Å². The summed E-state index contributed by atoms with van der Waals surface area (Å²) in [5, 5.41) is 0. The average Bonchev–Trinajstić information content (AvgIpc) is 2.57. The van der Waals surface area contributed by atoms with Crippen molar-refractivity contribution < 1.29 is 9.47 Å². The van der Waals surface area contributed by atoms with E-state index in [0.717, 1.165) is 6.61 Å². The SMILES string of the molecule is COCOC[C@]12CCCC[C@]1(C)CC/C(=C/c1ccccc1)C2. The lowest BCUT2D eigenvalue weighted by Crippen LogP contribution is -2.48. The van der Waals surface area contributed by atoms with E-state index in [0.29, 0.717) is 17.6 Å². The molecular formula is C21H30O2. The van der Waals surface area contributed by atoms with E-state index >= 15 is 0 Å². The van der Waals surface area contributed by atoms with Crippen LogP contribution in [-0.4, -0.2) is 20.5 Å². The molecule has 0 unspecified atom stereocenters. The second-order valence-electron chi connectivity index (χ2n) is 7.69. The number of fused-ring (bicyclic) bond motifs is 1. The molecule has 0 bridgehead atoms. The molecule has 0 aliphatic heterocycles. The van der Waals surface area contributed by atoms with Gasteiger partial charge in [0.15, 0.2) is 0 Å². The Balaban J connectivity index is 1.82. The molecule has 0 aromatic heterocycles. The van der Waals surface area contributed by atoms with Crippen LogP contribution in [0, 0.1) is 10.8 Å². The zero-order chi connectivity index (χ0) is 16.2. The van der Waals surface area contributed by atoms with Crippen molar-refractivity contribution in [3.63, 3.8) is 0 Å². The smallest absolute Gasteiger partial charge is 0.146 e. The van der Waals surface area contributed by atoms with Gasteiger partial charge < -0.3 is 9.47 Å². The van der Waals surface area contributed by atoms with Gasteiger partial charge in [-0.05, 0) is 43.1 Å². The summed E-state index contributed by atoms with van der Waals surface area (Å²) < 4.78 is 11.0. The van der Waals surface area contributed by atoms with Crippen LogP contribution in [0.5, 0.6) is 0 Å². The average molecular weight is 314 g/mol. The first-order valence-corrected chi connectivity index (χ1v) is 8.99. The Morgan fingerprint density at radius 3 is 2.65 bits per heavy atom. The van der Waals surface area contributed by atoms with E-state index in [2.05, 4.69) is 43.3 Å². The lowest BCUT2D eigenvalue weighted by molar-refractivity contribution is -0.125. The molecule has 0 saturated heterocycles. The standard InChI is InChI=1S/C21H30O2/c1-20-11-6-7-12-21(20,16-23-17-22-2)15-19(10-13-20)14-18-8-4-3-5-9-18/h3-5,8-9,14H,6-7,10-13,15-17H2,1-2H3/b19-14-/t20-,21-/m1/s1. The lowest BCUT2D eigenvalue weighted by atomic mass is 9.50. The van der Waals surface area contributed by atoms with Gasteiger partial charge in [-0.3, -0.25) is 0 Å². The Bertz CT molecular complexity index is 536. The van der Waals surface area contributed by atoms with E-state index in [9.17, 15) is 0 Å². The first-order valence-electron chi connectivity index (χ1n) is 8.99. The molecule has 2 heteroatoms. The van der Waals surface area contributed by atoms with Gasteiger partial charge in [-0.1, -0.05) is 61.7 Å².